The van der Waals surface area contributed by atoms with Crippen molar-refractivity contribution in [3.63, 3.8) is 0 Å². The van der Waals surface area contributed by atoms with Crippen molar-refractivity contribution in [3.05, 3.63) is 64.2 Å². The molecule has 104 valence electrons. The summed E-state index contributed by atoms with van der Waals surface area (Å²) in [7, 11) is 0. The van der Waals surface area contributed by atoms with Crippen LogP contribution >= 0.6 is 11.6 Å². The maximum absolute atomic E-state index is 10.3. The predicted molar refractivity (Wildman–Crippen MR) is 80.2 cm³/mol. The van der Waals surface area contributed by atoms with Crippen LogP contribution in [0.4, 0.5) is 0 Å². The van der Waals surface area contributed by atoms with Crippen molar-refractivity contribution in [1.29, 1.82) is 0 Å². The zero-order chi connectivity index (χ0) is 14.1. The van der Waals surface area contributed by atoms with Crippen LogP contribution in [0.15, 0.2) is 42.5 Å². The molecule has 1 aliphatic rings. The molecule has 0 amide bonds. The summed E-state index contributed by atoms with van der Waals surface area (Å²) in [5.74, 6) is 0.726. The Morgan fingerprint density at radius 1 is 1.20 bits per heavy atom. The highest BCUT2D eigenvalue weighted by Gasteiger charge is 2.29. The molecule has 0 bridgehead atoms. The Balaban J connectivity index is 1.97. The number of halogens is 1. The van der Waals surface area contributed by atoms with Crippen molar-refractivity contribution in [1.82, 2.24) is 0 Å². The van der Waals surface area contributed by atoms with Crippen molar-refractivity contribution in [2.45, 2.75) is 32.0 Å². The first-order chi connectivity index (χ1) is 9.69. The average molecular weight is 289 g/mol. The molecule has 2 aromatic carbocycles. The number of ether oxygens (including phenoxy) is 1. The van der Waals surface area contributed by atoms with E-state index < -0.39 is 6.10 Å². The Labute approximate surface area is 124 Å². The molecule has 2 aromatic rings. The molecule has 1 unspecified atom stereocenters. The fraction of sp³-hybridized carbons (Fsp3) is 0.294. The maximum atomic E-state index is 10.3. The van der Waals surface area contributed by atoms with Gasteiger partial charge in [-0.2, -0.15) is 0 Å². The molecule has 3 rings (SSSR count). The minimum Gasteiger partial charge on any atom is -0.485 e. The Bertz CT molecular complexity index is 624. The zero-order valence-electron chi connectivity index (χ0n) is 11.3. The fourth-order valence-corrected chi connectivity index (χ4v) is 2.96. The van der Waals surface area contributed by atoms with Crippen LogP contribution in [0.1, 0.15) is 42.2 Å². The van der Waals surface area contributed by atoms with Crippen LogP contribution in [0.5, 0.6) is 5.75 Å². The normalized spacial score (nSPS) is 21.1. The number of rotatable bonds is 2. The standard InChI is InChI=1S/C17H17ClO2/c1-2-11-5-3-4-6-13(11)17-10-15(19)14-9-12(18)7-8-16(14)20-17/h3-9,15,17,19H,2,10H2,1H3/t15-,17?/m1/s1. The van der Waals surface area contributed by atoms with Gasteiger partial charge in [-0.25, -0.2) is 0 Å². The van der Waals surface area contributed by atoms with Gasteiger partial charge in [-0.3, -0.25) is 0 Å². The minimum atomic E-state index is -0.535. The van der Waals surface area contributed by atoms with Gasteiger partial charge in [0.1, 0.15) is 11.9 Å². The van der Waals surface area contributed by atoms with Gasteiger partial charge in [-0.05, 0) is 35.7 Å². The number of hydrogen-bond acceptors (Lipinski definition) is 2. The monoisotopic (exact) mass is 288 g/mol. The van der Waals surface area contributed by atoms with Gasteiger partial charge in [-0.15, -0.1) is 0 Å². The summed E-state index contributed by atoms with van der Waals surface area (Å²) in [5, 5.41) is 11.0. The van der Waals surface area contributed by atoms with E-state index in [1.807, 2.05) is 18.2 Å². The molecular weight excluding hydrogens is 272 g/mol. The largest absolute Gasteiger partial charge is 0.485 e. The lowest BCUT2D eigenvalue weighted by atomic mass is 9.92. The summed E-state index contributed by atoms with van der Waals surface area (Å²) in [4.78, 5) is 0. The van der Waals surface area contributed by atoms with Gasteiger partial charge in [-0.1, -0.05) is 42.8 Å². The van der Waals surface area contributed by atoms with E-state index in [2.05, 4.69) is 19.1 Å². The van der Waals surface area contributed by atoms with Crippen molar-refractivity contribution < 1.29 is 9.84 Å². The number of aliphatic hydroxyl groups excluding tert-OH is 1. The number of aryl methyl sites for hydroxylation is 1. The quantitative estimate of drug-likeness (QED) is 0.884. The third kappa shape index (κ3) is 2.41. The first kappa shape index (κ1) is 13.5. The van der Waals surface area contributed by atoms with Crippen LogP contribution in [0.3, 0.4) is 0 Å². The Hall–Kier alpha value is -1.51. The second-order valence-electron chi connectivity index (χ2n) is 5.09. The van der Waals surface area contributed by atoms with Crippen LogP contribution in [-0.2, 0) is 6.42 Å². The van der Waals surface area contributed by atoms with E-state index in [1.54, 1.807) is 12.1 Å². The summed E-state index contributed by atoms with van der Waals surface area (Å²) >= 11 is 5.98. The zero-order valence-corrected chi connectivity index (χ0v) is 12.1. The van der Waals surface area contributed by atoms with Crippen molar-refractivity contribution >= 4 is 11.6 Å². The molecule has 0 saturated heterocycles. The molecule has 0 aliphatic carbocycles. The van der Waals surface area contributed by atoms with E-state index in [9.17, 15) is 5.11 Å². The van der Waals surface area contributed by atoms with E-state index in [0.29, 0.717) is 11.4 Å². The molecule has 0 radical (unpaired) electrons. The summed E-state index contributed by atoms with van der Waals surface area (Å²) in [6.07, 6.45) is 0.881. The van der Waals surface area contributed by atoms with Crippen LogP contribution in [-0.4, -0.2) is 5.11 Å². The van der Waals surface area contributed by atoms with Gasteiger partial charge in [0.15, 0.2) is 0 Å². The van der Waals surface area contributed by atoms with Crippen LogP contribution in [0, 0.1) is 0 Å². The molecule has 2 atom stereocenters. The van der Waals surface area contributed by atoms with E-state index >= 15 is 0 Å². The van der Waals surface area contributed by atoms with Crippen molar-refractivity contribution in [2.75, 3.05) is 0 Å². The number of benzene rings is 2. The molecule has 0 aromatic heterocycles. The van der Waals surface area contributed by atoms with E-state index in [1.165, 1.54) is 5.56 Å². The number of fused-ring (bicyclic) bond motifs is 1. The third-order valence-corrected chi connectivity index (χ3v) is 4.06. The van der Waals surface area contributed by atoms with Gasteiger partial charge in [0.05, 0.1) is 6.10 Å². The van der Waals surface area contributed by atoms with E-state index in [0.717, 1.165) is 23.3 Å². The third-order valence-electron chi connectivity index (χ3n) is 3.82. The van der Waals surface area contributed by atoms with Gasteiger partial charge < -0.3 is 9.84 Å². The molecule has 1 aliphatic heterocycles. The number of aliphatic hydroxyl groups is 1. The molecule has 1 N–H and O–H groups in total. The van der Waals surface area contributed by atoms with Crippen molar-refractivity contribution in [3.8, 4) is 5.75 Å². The highest BCUT2D eigenvalue weighted by atomic mass is 35.5. The Morgan fingerprint density at radius 2 is 2.00 bits per heavy atom. The SMILES string of the molecule is CCc1ccccc1C1C[C@@H](O)c2cc(Cl)ccc2O1. The molecule has 0 fully saturated rings. The second-order valence-corrected chi connectivity index (χ2v) is 5.53. The van der Waals surface area contributed by atoms with Gasteiger partial charge in [0.25, 0.3) is 0 Å². The predicted octanol–water partition coefficient (Wildman–Crippen LogP) is 4.46. The van der Waals surface area contributed by atoms with Gasteiger partial charge in [0, 0.05) is 17.0 Å². The van der Waals surface area contributed by atoms with E-state index in [4.69, 9.17) is 16.3 Å². The molecule has 3 heteroatoms. The highest BCUT2D eigenvalue weighted by molar-refractivity contribution is 6.30. The minimum absolute atomic E-state index is 0.102. The summed E-state index contributed by atoms with van der Waals surface area (Å²) in [6.45, 7) is 2.13. The Kier molecular flexibility index (Phi) is 3.68. The van der Waals surface area contributed by atoms with Crippen molar-refractivity contribution in [2.24, 2.45) is 0 Å². The Morgan fingerprint density at radius 3 is 2.80 bits per heavy atom. The maximum Gasteiger partial charge on any atom is 0.127 e. The topological polar surface area (TPSA) is 29.5 Å². The lowest BCUT2D eigenvalue weighted by Crippen LogP contribution is -2.20. The first-order valence-corrected chi connectivity index (χ1v) is 7.28. The van der Waals surface area contributed by atoms with Crippen LogP contribution in [0.2, 0.25) is 5.02 Å². The average Bonchev–Trinajstić information content (AvgIpc) is 2.47. The lowest BCUT2D eigenvalue weighted by molar-refractivity contribution is 0.0653. The van der Waals surface area contributed by atoms with Gasteiger partial charge in [0.2, 0.25) is 0 Å². The molecule has 1 heterocycles. The summed E-state index contributed by atoms with van der Waals surface area (Å²) < 4.78 is 6.07. The number of hydrogen-bond donors (Lipinski definition) is 1. The summed E-state index contributed by atoms with van der Waals surface area (Å²) in [6, 6.07) is 13.7. The van der Waals surface area contributed by atoms with Gasteiger partial charge >= 0.3 is 0 Å². The highest BCUT2D eigenvalue weighted by Crippen LogP contribution is 2.42. The molecule has 2 nitrogen and oxygen atoms in total. The van der Waals surface area contributed by atoms with Crippen LogP contribution < -0.4 is 4.74 Å². The molecule has 0 saturated carbocycles. The van der Waals surface area contributed by atoms with Crippen LogP contribution in [0.25, 0.3) is 0 Å². The molecule has 0 spiro atoms. The first-order valence-electron chi connectivity index (χ1n) is 6.91. The molecule has 20 heavy (non-hydrogen) atoms. The van der Waals surface area contributed by atoms with E-state index in [-0.39, 0.29) is 6.10 Å². The summed E-state index contributed by atoms with van der Waals surface area (Å²) in [5.41, 5.74) is 3.21. The fourth-order valence-electron chi connectivity index (χ4n) is 2.78. The lowest BCUT2D eigenvalue weighted by Gasteiger charge is -2.31. The smallest absolute Gasteiger partial charge is 0.127 e. The second kappa shape index (κ2) is 5.47. The molecular formula is C17H17ClO2.